The molecule has 3 aromatic rings. The summed E-state index contributed by atoms with van der Waals surface area (Å²) in [6.45, 7) is 1.19. The number of aryl methyl sites for hydroxylation is 1. The van der Waals surface area contributed by atoms with Crippen LogP contribution in [0.15, 0.2) is 48.5 Å². The topological polar surface area (TPSA) is 98.2 Å². The van der Waals surface area contributed by atoms with Crippen molar-refractivity contribution in [2.75, 3.05) is 14.2 Å². The second-order valence-electron chi connectivity index (χ2n) is 9.79. The minimum absolute atomic E-state index is 0.00706. The Bertz CT molecular complexity index is 1490. The number of ether oxygens (including phenoxy) is 3. The summed E-state index contributed by atoms with van der Waals surface area (Å²) in [7, 11) is 2.80. The van der Waals surface area contributed by atoms with E-state index >= 15 is 0 Å². The maximum absolute atomic E-state index is 13.5. The van der Waals surface area contributed by atoms with Crippen molar-refractivity contribution in [2.24, 2.45) is 0 Å². The average Bonchev–Trinajstić information content (AvgIpc) is 3.23. The number of aromatic nitrogens is 1. The van der Waals surface area contributed by atoms with E-state index in [-0.39, 0.29) is 37.0 Å². The van der Waals surface area contributed by atoms with Crippen molar-refractivity contribution in [3.8, 4) is 22.8 Å². The van der Waals surface area contributed by atoms with Crippen molar-refractivity contribution in [3.05, 3.63) is 76.5 Å². The molecule has 0 spiro atoms. The number of aliphatic carboxylic acids is 1. The number of alkyl halides is 6. The van der Waals surface area contributed by atoms with Crippen molar-refractivity contribution >= 4 is 12.1 Å². The number of nitrogens with zero attached hydrogens (tertiary/aromatic N) is 2. The minimum Gasteiger partial charge on any atom is -0.496 e. The molecule has 0 aliphatic carbocycles. The van der Waals surface area contributed by atoms with Gasteiger partial charge in [0.05, 0.1) is 43.6 Å². The van der Waals surface area contributed by atoms with Crippen LogP contribution in [0.4, 0.5) is 31.1 Å². The van der Waals surface area contributed by atoms with E-state index < -0.39 is 53.3 Å². The molecule has 1 aromatic heterocycles. The van der Waals surface area contributed by atoms with E-state index in [1.54, 1.807) is 30.3 Å². The number of benzene rings is 2. The monoisotopic (exact) mass is 612 g/mol. The Morgan fingerprint density at radius 2 is 1.60 bits per heavy atom. The third kappa shape index (κ3) is 6.95. The van der Waals surface area contributed by atoms with Gasteiger partial charge in [-0.3, -0.25) is 9.69 Å². The Hall–Kier alpha value is -4.49. The van der Waals surface area contributed by atoms with Gasteiger partial charge in [0.1, 0.15) is 11.9 Å². The number of halogens is 6. The Labute approximate surface area is 241 Å². The molecule has 1 aliphatic heterocycles. The van der Waals surface area contributed by atoms with Crippen LogP contribution in [-0.2, 0) is 34.8 Å². The number of carboxylic acid groups (broad SMARTS) is 1. The van der Waals surface area contributed by atoms with Crippen LogP contribution in [0, 0.1) is 0 Å². The molecule has 43 heavy (non-hydrogen) atoms. The Morgan fingerprint density at radius 1 is 0.953 bits per heavy atom. The van der Waals surface area contributed by atoms with Crippen LogP contribution < -0.4 is 9.47 Å². The number of hydrogen-bond acceptors (Lipinski definition) is 6. The Morgan fingerprint density at radius 3 is 2.16 bits per heavy atom. The molecule has 2 unspecified atom stereocenters. The molecular formula is C29H26F6N2O6. The molecule has 1 fully saturated rings. The lowest BCUT2D eigenvalue weighted by Gasteiger charge is -2.23. The van der Waals surface area contributed by atoms with Crippen molar-refractivity contribution < 1.29 is 55.2 Å². The molecule has 0 bridgehead atoms. The van der Waals surface area contributed by atoms with Gasteiger partial charge in [-0.1, -0.05) is 6.07 Å². The first-order chi connectivity index (χ1) is 20.1. The number of hydrogen-bond donors (Lipinski definition) is 1. The van der Waals surface area contributed by atoms with Crippen molar-refractivity contribution in [1.29, 1.82) is 0 Å². The Kier molecular flexibility index (Phi) is 8.79. The van der Waals surface area contributed by atoms with E-state index in [4.69, 9.17) is 19.3 Å². The number of carbonyl (C=O) groups is 2. The lowest BCUT2D eigenvalue weighted by molar-refractivity contribution is -0.143. The summed E-state index contributed by atoms with van der Waals surface area (Å²) >= 11 is 0. The van der Waals surface area contributed by atoms with Crippen molar-refractivity contribution in [3.63, 3.8) is 0 Å². The van der Waals surface area contributed by atoms with Gasteiger partial charge in [-0.05, 0) is 60.9 Å². The summed E-state index contributed by atoms with van der Waals surface area (Å²) in [5.41, 5.74) is -1.58. The van der Waals surface area contributed by atoms with Crippen molar-refractivity contribution in [2.45, 2.75) is 50.8 Å². The number of methoxy groups -OCH3 is 2. The van der Waals surface area contributed by atoms with Gasteiger partial charge in [-0.2, -0.15) is 26.3 Å². The summed E-state index contributed by atoms with van der Waals surface area (Å²) in [6.07, 6.45) is -12.5. The van der Waals surface area contributed by atoms with Gasteiger partial charge in [-0.25, -0.2) is 9.78 Å². The quantitative estimate of drug-likeness (QED) is 0.263. The largest absolute Gasteiger partial charge is 0.496 e. The molecule has 2 heterocycles. The highest BCUT2D eigenvalue weighted by Gasteiger charge is 2.43. The first-order valence-electron chi connectivity index (χ1n) is 12.8. The molecule has 2 atom stereocenters. The average molecular weight is 613 g/mol. The zero-order valence-corrected chi connectivity index (χ0v) is 23.0. The smallest absolute Gasteiger partial charge is 0.416 e. The fourth-order valence-corrected chi connectivity index (χ4v) is 4.80. The van der Waals surface area contributed by atoms with Crippen LogP contribution >= 0.6 is 0 Å². The Balaban J connectivity index is 1.73. The molecule has 0 radical (unpaired) electrons. The van der Waals surface area contributed by atoms with Crippen LogP contribution in [0.5, 0.6) is 11.6 Å². The first-order valence-corrected chi connectivity index (χ1v) is 12.8. The number of pyridine rings is 1. The summed E-state index contributed by atoms with van der Waals surface area (Å²) < 4.78 is 96.9. The second kappa shape index (κ2) is 12.0. The van der Waals surface area contributed by atoms with Crippen LogP contribution in [0.3, 0.4) is 0 Å². The second-order valence-corrected chi connectivity index (χ2v) is 9.79. The van der Waals surface area contributed by atoms with Gasteiger partial charge >= 0.3 is 24.4 Å². The summed E-state index contributed by atoms with van der Waals surface area (Å²) in [4.78, 5) is 29.7. The summed E-state index contributed by atoms with van der Waals surface area (Å²) in [5, 5.41) is 9.08. The maximum atomic E-state index is 13.5. The zero-order valence-electron chi connectivity index (χ0n) is 23.0. The van der Waals surface area contributed by atoms with Gasteiger partial charge in [-0.15, -0.1) is 0 Å². The standard InChI is InChI=1S/C29H26F6N2O6/c1-15-26(17-11-18(28(30,31)32)13-19(12-17)29(33,34)35)43-27(40)37(15)14-22-20(6-8-24(36-22)42-3)21-10-16(5-9-25(38)39)4-7-23(21)41-2/h4,6-8,10-13,15,26H,5,9,14H2,1-3H3,(H,38,39). The molecule has 8 nitrogen and oxygen atoms in total. The molecule has 4 rings (SSSR count). The van der Waals surface area contributed by atoms with Gasteiger partial charge in [0, 0.05) is 23.6 Å². The van der Waals surface area contributed by atoms with E-state index in [1.165, 1.54) is 21.1 Å². The van der Waals surface area contributed by atoms with E-state index in [0.29, 0.717) is 34.6 Å². The van der Waals surface area contributed by atoms with E-state index in [0.717, 1.165) is 4.90 Å². The first kappa shape index (κ1) is 31.4. The highest BCUT2D eigenvalue weighted by molar-refractivity contribution is 5.76. The number of cyclic esters (lactones) is 1. The summed E-state index contributed by atoms with van der Waals surface area (Å²) in [6, 6.07) is 8.35. The number of carboxylic acids is 1. The highest BCUT2D eigenvalue weighted by atomic mass is 19.4. The van der Waals surface area contributed by atoms with Crippen LogP contribution in [0.2, 0.25) is 0 Å². The zero-order chi connectivity index (χ0) is 31.7. The molecular weight excluding hydrogens is 586 g/mol. The van der Waals surface area contributed by atoms with Crippen LogP contribution in [0.25, 0.3) is 11.1 Å². The predicted molar refractivity (Wildman–Crippen MR) is 139 cm³/mol. The van der Waals surface area contributed by atoms with Gasteiger partial charge in [0.15, 0.2) is 0 Å². The van der Waals surface area contributed by atoms with Crippen LogP contribution in [0.1, 0.15) is 47.4 Å². The molecule has 1 amide bonds. The molecule has 14 heteroatoms. The highest BCUT2D eigenvalue weighted by Crippen LogP contribution is 2.42. The van der Waals surface area contributed by atoms with Gasteiger partial charge in [0.2, 0.25) is 5.88 Å². The normalized spacial score (nSPS) is 17.1. The third-order valence-corrected chi connectivity index (χ3v) is 6.99. The summed E-state index contributed by atoms with van der Waals surface area (Å²) in [5.74, 6) is -0.404. The molecule has 1 saturated heterocycles. The van der Waals surface area contributed by atoms with E-state index in [9.17, 15) is 35.9 Å². The third-order valence-electron chi connectivity index (χ3n) is 6.99. The molecule has 2 aromatic carbocycles. The fraction of sp³-hybridized carbons (Fsp3) is 0.345. The van der Waals surface area contributed by atoms with Gasteiger partial charge < -0.3 is 19.3 Å². The van der Waals surface area contributed by atoms with Crippen molar-refractivity contribution in [1.82, 2.24) is 9.88 Å². The molecule has 1 N–H and O–H groups in total. The SMILES string of the molecule is COc1ccc(-c2cc(CCC(=O)O)ccc2OC)c(CN2C(=O)OC(c3cc(C(F)(F)F)cc(C(F)(F)F)c3)C2C)n1. The van der Waals surface area contributed by atoms with Gasteiger partial charge in [0.25, 0.3) is 0 Å². The lowest BCUT2D eigenvalue weighted by atomic mass is 9.96. The lowest BCUT2D eigenvalue weighted by Crippen LogP contribution is -2.32. The van der Waals surface area contributed by atoms with Crippen LogP contribution in [-0.4, -0.2) is 47.3 Å². The minimum atomic E-state index is -5.07. The van der Waals surface area contributed by atoms with E-state index in [2.05, 4.69) is 4.98 Å². The van der Waals surface area contributed by atoms with E-state index in [1.807, 2.05) is 0 Å². The fourth-order valence-electron chi connectivity index (χ4n) is 4.80. The number of carbonyl (C=O) groups excluding carboxylic acids is 1. The number of amides is 1. The molecule has 1 aliphatic rings. The molecule has 230 valence electrons. The number of rotatable bonds is 9. The predicted octanol–water partition coefficient (Wildman–Crippen LogP) is 6.90. The maximum Gasteiger partial charge on any atom is 0.416 e. The molecule has 0 saturated carbocycles.